The molecule has 7 heteroatoms. The summed E-state index contributed by atoms with van der Waals surface area (Å²) in [6, 6.07) is 6.25. The van der Waals surface area contributed by atoms with Crippen molar-refractivity contribution < 1.29 is 8.42 Å². The third-order valence-electron chi connectivity index (χ3n) is 5.08. The van der Waals surface area contributed by atoms with Crippen LogP contribution in [0.5, 0.6) is 0 Å². The average molecular weight is 423 g/mol. The van der Waals surface area contributed by atoms with Gasteiger partial charge in [0.15, 0.2) is 5.25 Å². The molecule has 0 aromatic rings. The van der Waals surface area contributed by atoms with Crippen LogP contribution in [0.4, 0.5) is 0 Å². The van der Waals surface area contributed by atoms with Crippen LogP contribution in [0.1, 0.15) is 103 Å². The highest BCUT2D eigenvalue weighted by Crippen LogP contribution is 2.19. The molecule has 0 aromatic carbocycles. The van der Waals surface area contributed by atoms with E-state index in [1.54, 1.807) is 0 Å². The highest BCUT2D eigenvalue weighted by molar-refractivity contribution is 7.90. The molecular weight excluding hydrogens is 384 g/mol. The predicted molar refractivity (Wildman–Crippen MR) is 116 cm³/mol. The zero-order valence-electron chi connectivity index (χ0n) is 18.1. The number of hydrogen-bond donors (Lipinski definition) is 0. The molecule has 1 unspecified atom stereocenters. The maximum Gasteiger partial charge on any atom is 0.230 e. The van der Waals surface area contributed by atoms with Crippen LogP contribution in [0, 0.1) is 34.0 Å². The Morgan fingerprint density at radius 3 is 1.69 bits per heavy atom. The van der Waals surface area contributed by atoms with Crippen molar-refractivity contribution >= 4 is 10.0 Å². The van der Waals surface area contributed by atoms with Crippen LogP contribution in [0.25, 0.3) is 0 Å². The molecule has 0 rings (SSSR count). The molecule has 0 fully saturated rings. The van der Waals surface area contributed by atoms with Gasteiger partial charge in [-0.15, -0.1) is 0 Å². The Kier molecular flexibility index (Phi) is 17.4. The average Bonchev–Trinajstić information content (AvgIpc) is 2.71. The fourth-order valence-corrected chi connectivity index (χ4v) is 5.00. The second kappa shape index (κ2) is 18.4. The van der Waals surface area contributed by atoms with E-state index in [0.717, 1.165) is 51.4 Å². The van der Waals surface area contributed by atoms with Crippen LogP contribution in [0.15, 0.2) is 0 Å². The van der Waals surface area contributed by atoms with Gasteiger partial charge >= 0.3 is 0 Å². The summed E-state index contributed by atoms with van der Waals surface area (Å²) in [5, 5.41) is 25.8. The topological polar surface area (TPSA) is 109 Å². The van der Waals surface area contributed by atoms with E-state index in [9.17, 15) is 13.7 Å². The monoisotopic (exact) mass is 422 g/mol. The molecule has 0 bridgehead atoms. The van der Waals surface area contributed by atoms with Crippen LogP contribution in [0.2, 0.25) is 0 Å². The van der Waals surface area contributed by atoms with E-state index < -0.39 is 15.3 Å². The van der Waals surface area contributed by atoms with Crippen molar-refractivity contribution in [3.63, 3.8) is 0 Å². The second-order valence-corrected chi connectivity index (χ2v) is 9.67. The number of unbranched alkanes of at least 4 members (excludes halogenated alkanes) is 11. The summed E-state index contributed by atoms with van der Waals surface area (Å²) in [6.07, 6.45) is 12.3. The third kappa shape index (κ3) is 13.3. The molecule has 0 aromatic heterocycles. The first-order valence-electron chi connectivity index (χ1n) is 11.2. The molecule has 0 aliphatic heterocycles. The third-order valence-corrected chi connectivity index (χ3v) is 7.22. The Labute approximate surface area is 178 Å². The predicted octanol–water partition coefficient (Wildman–Crippen LogP) is 5.43. The Balaban J connectivity index is 4.74. The lowest BCUT2D eigenvalue weighted by molar-refractivity contribution is 0.382. The second-order valence-electron chi connectivity index (χ2n) is 7.56. The van der Waals surface area contributed by atoms with Crippen molar-refractivity contribution in [3.8, 4) is 18.2 Å². The summed E-state index contributed by atoms with van der Waals surface area (Å²) < 4.78 is 27.6. The Morgan fingerprint density at radius 2 is 1.21 bits per heavy atom. The van der Waals surface area contributed by atoms with Gasteiger partial charge in [0.25, 0.3) is 0 Å². The van der Waals surface area contributed by atoms with Crippen LogP contribution in [0.3, 0.4) is 0 Å². The minimum Gasteiger partial charge on any atom is -0.211 e. The van der Waals surface area contributed by atoms with E-state index in [1.165, 1.54) is 17.1 Å². The molecule has 164 valence electrons. The van der Waals surface area contributed by atoms with E-state index in [4.69, 9.17) is 10.5 Å². The fraction of sp³-hybridized carbons (Fsp3) is 0.864. The zero-order valence-corrected chi connectivity index (χ0v) is 18.9. The number of nitrogens with zero attached hydrogens (tertiary/aromatic N) is 4. The van der Waals surface area contributed by atoms with Crippen LogP contribution in [-0.2, 0) is 10.0 Å². The van der Waals surface area contributed by atoms with Crippen LogP contribution >= 0.6 is 0 Å². The molecule has 0 aliphatic rings. The molecule has 0 aliphatic carbocycles. The van der Waals surface area contributed by atoms with Crippen molar-refractivity contribution in [3.05, 3.63) is 0 Å². The first-order valence-corrected chi connectivity index (χ1v) is 12.7. The fourth-order valence-electron chi connectivity index (χ4n) is 3.27. The maximum absolute atomic E-state index is 13.1. The number of nitriles is 3. The van der Waals surface area contributed by atoms with Crippen molar-refractivity contribution in [1.82, 2.24) is 4.31 Å². The van der Waals surface area contributed by atoms with Gasteiger partial charge in [-0.25, -0.2) is 12.7 Å². The lowest BCUT2D eigenvalue weighted by Gasteiger charge is -2.25. The Hall–Kier alpha value is -1.62. The quantitative estimate of drug-likeness (QED) is 0.258. The van der Waals surface area contributed by atoms with E-state index in [-0.39, 0.29) is 0 Å². The molecule has 0 heterocycles. The van der Waals surface area contributed by atoms with Crippen molar-refractivity contribution in [2.75, 3.05) is 13.1 Å². The molecule has 0 spiro atoms. The number of hydrogen-bond acceptors (Lipinski definition) is 5. The molecule has 29 heavy (non-hydrogen) atoms. The molecule has 0 N–H and O–H groups in total. The van der Waals surface area contributed by atoms with Gasteiger partial charge in [0.1, 0.15) is 0 Å². The molecule has 6 nitrogen and oxygen atoms in total. The summed E-state index contributed by atoms with van der Waals surface area (Å²) in [6.45, 7) is 2.97. The molecule has 0 saturated heterocycles. The highest BCUT2D eigenvalue weighted by atomic mass is 32.2. The normalized spacial score (nSPS) is 12.2. The smallest absolute Gasteiger partial charge is 0.211 e. The summed E-state index contributed by atoms with van der Waals surface area (Å²) in [4.78, 5) is 0. The summed E-state index contributed by atoms with van der Waals surface area (Å²) >= 11 is 0. The van der Waals surface area contributed by atoms with E-state index >= 15 is 0 Å². The van der Waals surface area contributed by atoms with Gasteiger partial charge in [0, 0.05) is 25.9 Å². The van der Waals surface area contributed by atoms with Gasteiger partial charge in [-0.2, -0.15) is 15.8 Å². The molecule has 0 radical (unpaired) electrons. The molecule has 0 amide bonds. The van der Waals surface area contributed by atoms with Gasteiger partial charge in [-0.3, -0.25) is 0 Å². The molecule has 0 saturated carbocycles. The zero-order chi connectivity index (χ0) is 21.8. The first kappa shape index (κ1) is 27.4. The lowest BCUT2D eigenvalue weighted by Crippen LogP contribution is -2.39. The summed E-state index contributed by atoms with van der Waals surface area (Å²) in [5.41, 5.74) is 0. The minimum absolute atomic E-state index is 0.393. The van der Waals surface area contributed by atoms with Crippen LogP contribution in [-0.4, -0.2) is 31.1 Å². The number of sulfonamides is 1. The summed E-state index contributed by atoms with van der Waals surface area (Å²) in [5.74, 6) is 0. The first-order chi connectivity index (χ1) is 14.0. The van der Waals surface area contributed by atoms with Crippen molar-refractivity contribution in [1.29, 1.82) is 15.8 Å². The minimum atomic E-state index is -3.65. The van der Waals surface area contributed by atoms with Gasteiger partial charge in [0.2, 0.25) is 10.0 Å². The largest absolute Gasteiger partial charge is 0.230 e. The van der Waals surface area contributed by atoms with Gasteiger partial charge in [0.05, 0.1) is 18.2 Å². The molecular formula is C22H38N4O2S. The SMILES string of the molecule is CCCCCCCCC(C#N)S(=O)(=O)N(CCCCCC#N)CCCCCC#N. The van der Waals surface area contributed by atoms with Gasteiger partial charge < -0.3 is 0 Å². The standard InChI is InChI=1S/C22H38N4O2S/c1-2-3-4-5-6-11-16-22(21-25)29(27,28)26(19-14-9-7-12-17-23)20-15-10-8-13-18-24/h22H,2-16,19-20H2,1H3. The Bertz CT molecular complexity index is 605. The van der Waals surface area contributed by atoms with Crippen molar-refractivity contribution in [2.24, 2.45) is 0 Å². The maximum atomic E-state index is 13.1. The van der Waals surface area contributed by atoms with Crippen LogP contribution < -0.4 is 0 Å². The van der Waals surface area contributed by atoms with Crippen molar-refractivity contribution in [2.45, 2.75) is 108 Å². The van der Waals surface area contributed by atoms with Gasteiger partial charge in [-0.05, 0) is 32.1 Å². The highest BCUT2D eigenvalue weighted by Gasteiger charge is 2.31. The lowest BCUT2D eigenvalue weighted by atomic mass is 10.1. The molecule has 1 atom stereocenters. The Morgan fingerprint density at radius 1 is 0.724 bits per heavy atom. The van der Waals surface area contributed by atoms with E-state index in [0.29, 0.717) is 45.2 Å². The van der Waals surface area contributed by atoms with Gasteiger partial charge in [-0.1, -0.05) is 58.3 Å². The summed E-state index contributed by atoms with van der Waals surface area (Å²) in [7, 11) is -3.65. The van der Waals surface area contributed by atoms with E-state index in [2.05, 4.69) is 19.1 Å². The van der Waals surface area contributed by atoms with E-state index in [1.807, 2.05) is 6.07 Å². The number of rotatable bonds is 19.